The van der Waals surface area contributed by atoms with Gasteiger partial charge in [-0.25, -0.2) is 0 Å². The Morgan fingerprint density at radius 2 is 2.00 bits per heavy atom. The average molecular weight is 325 g/mol. The Hall–Kier alpha value is -2.79. The van der Waals surface area contributed by atoms with E-state index in [9.17, 15) is 4.79 Å². The summed E-state index contributed by atoms with van der Waals surface area (Å²) >= 11 is 0. The Morgan fingerprint density at radius 3 is 2.71 bits per heavy atom. The standard InChI is InChI=1S/C19H19NO4/c1-23-16-6-7-17-14(12-24-18(17)11-16)10-19(22)20-15-4-2-13(3-5-15)8-9-21/h2-7,11-12,21H,8-10H2,1H3,(H,20,22). The van der Waals surface area contributed by atoms with Crippen LogP contribution in [-0.4, -0.2) is 24.7 Å². The van der Waals surface area contributed by atoms with Gasteiger partial charge in [-0.2, -0.15) is 0 Å². The van der Waals surface area contributed by atoms with Gasteiger partial charge in [0.25, 0.3) is 0 Å². The van der Waals surface area contributed by atoms with Crippen molar-refractivity contribution in [3.63, 3.8) is 0 Å². The Morgan fingerprint density at radius 1 is 1.21 bits per heavy atom. The molecule has 3 aromatic rings. The SMILES string of the molecule is COc1ccc2c(CC(=O)Nc3ccc(CCO)cc3)coc2c1. The molecule has 0 spiro atoms. The van der Waals surface area contributed by atoms with Crippen LogP contribution in [0.2, 0.25) is 0 Å². The van der Waals surface area contributed by atoms with Crippen LogP contribution < -0.4 is 10.1 Å². The number of amides is 1. The van der Waals surface area contributed by atoms with Crippen LogP contribution >= 0.6 is 0 Å². The van der Waals surface area contributed by atoms with Crippen molar-refractivity contribution >= 4 is 22.6 Å². The van der Waals surface area contributed by atoms with Crippen molar-refractivity contribution < 1.29 is 19.1 Å². The van der Waals surface area contributed by atoms with Crippen molar-refractivity contribution in [3.05, 3.63) is 59.9 Å². The van der Waals surface area contributed by atoms with Crippen LogP contribution in [-0.2, 0) is 17.6 Å². The maximum atomic E-state index is 12.2. The van der Waals surface area contributed by atoms with E-state index in [4.69, 9.17) is 14.3 Å². The number of aliphatic hydroxyl groups excluding tert-OH is 1. The first-order valence-electron chi connectivity index (χ1n) is 7.73. The van der Waals surface area contributed by atoms with E-state index in [1.165, 1.54) is 0 Å². The summed E-state index contributed by atoms with van der Waals surface area (Å²) in [5.41, 5.74) is 3.30. The van der Waals surface area contributed by atoms with Crippen LogP contribution in [0.3, 0.4) is 0 Å². The molecule has 1 aromatic heterocycles. The van der Waals surface area contributed by atoms with Crippen LogP contribution in [0.5, 0.6) is 5.75 Å². The number of rotatable bonds is 6. The molecule has 0 saturated heterocycles. The second kappa shape index (κ2) is 7.19. The van der Waals surface area contributed by atoms with Crippen molar-refractivity contribution in [2.24, 2.45) is 0 Å². The summed E-state index contributed by atoms with van der Waals surface area (Å²) in [5, 5.41) is 12.7. The number of anilines is 1. The Labute approximate surface area is 139 Å². The number of hydrogen-bond donors (Lipinski definition) is 2. The molecule has 2 aromatic carbocycles. The maximum absolute atomic E-state index is 12.2. The van der Waals surface area contributed by atoms with Crippen molar-refractivity contribution in [3.8, 4) is 5.75 Å². The minimum atomic E-state index is -0.108. The Bertz CT molecular complexity index is 836. The van der Waals surface area contributed by atoms with Gasteiger partial charge in [0.15, 0.2) is 0 Å². The van der Waals surface area contributed by atoms with E-state index in [0.717, 1.165) is 28.0 Å². The first kappa shape index (κ1) is 16.1. The fourth-order valence-electron chi connectivity index (χ4n) is 2.59. The lowest BCUT2D eigenvalue weighted by molar-refractivity contribution is -0.115. The highest BCUT2D eigenvalue weighted by molar-refractivity contribution is 5.95. The van der Waals surface area contributed by atoms with Gasteiger partial charge in [-0.05, 0) is 36.2 Å². The zero-order valence-electron chi connectivity index (χ0n) is 13.4. The number of nitrogens with one attached hydrogen (secondary N) is 1. The molecule has 0 aliphatic rings. The normalized spacial score (nSPS) is 10.8. The summed E-state index contributed by atoms with van der Waals surface area (Å²) in [6, 6.07) is 13.0. The summed E-state index contributed by atoms with van der Waals surface area (Å²) in [6.45, 7) is 0.115. The van der Waals surface area contributed by atoms with Crippen LogP contribution in [0.1, 0.15) is 11.1 Å². The van der Waals surface area contributed by atoms with Gasteiger partial charge in [-0.3, -0.25) is 4.79 Å². The monoisotopic (exact) mass is 325 g/mol. The quantitative estimate of drug-likeness (QED) is 0.730. The molecule has 0 unspecified atom stereocenters. The smallest absolute Gasteiger partial charge is 0.228 e. The molecule has 1 amide bonds. The molecule has 0 atom stereocenters. The highest BCUT2D eigenvalue weighted by Crippen LogP contribution is 2.26. The largest absolute Gasteiger partial charge is 0.497 e. The predicted octanol–water partition coefficient (Wildman–Crippen LogP) is 3.16. The molecular formula is C19H19NO4. The van der Waals surface area contributed by atoms with Crippen molar-refractivity contribution in [2.75, 3.05) is 19.0 Å². The van der Waals surface area contributed by atoms with E-state index < -0.39 is 0 Å². The van der Waals surface area contributed by atoms with E-state index in [2.05, 4.69) is 5.32 Å². The van der Waals surface area contributed by atoms with Gasteiger partial charge in [0.1, 0.15) is 11.3 Å². The third kappa shape index (κ3) is 3.58. The summed E-state index contributed by atoms with van der Waals surface area (Å²) < 4.78 is 10.7. The van der Waals surface area contributed by atoms with Gasteiger partial charge in [-0.15, -0.1) is 0 Å². The zero-order valence-corrected chi connectivity index (χ0v) is 13.4. The molecule has 0 aliphatic heterocycles. The van der Waals surface area contributed by atoms with E-state index in [1.807, 2.05) is 36.4 Å². The minimum absolute atomic E-state index is 0.108. The van der Waals surface area contributed by atoms with E-state index in [0.29, 0.717) is 12.0 Å². The minimum Gasteiger partial charge on any atom is -0.497 e. The van der Waals surface area contributed by atoms with Gasteiger partial charge in [0.05, 0.1) is 19.8 Å². The molecule has 24 heavy (non-hydrogen) atoms. The lowest BCUT2D eigenvalue weighted by Gasteiger charge is -2.06. The summed E-state index contributed by atoms with van der Waals surface area (Å²) in [6.07, 6.45) is 2.45. The summed E-state index contributed by atoms with van der Waals surface area (Å²) in [4.78, 5) is 12.2. The van der Waals surface area contributed by atoms with E-state index in [-0.39, 0.29) is 18.9 Å². The number of hydrogen-bond acceptors (Lipinski definition) is 4. The Balaban J connectivity index is 1.68. The first-order valence-corrected chi connectivity index (χ1v) is 7.73. The predicted molar refractivity (Wildman–Crippen MR) is 92.3 cm³/mol. The van der Waals surface area contributed by atoms with Crippen molar-refractivity contribution in [2.45, 2.75) is 12.8 Å². The summed E-state index contributed by atoms with van der Waals surface area (Å²) in [5.74, 6) is 0.610. The average Bonchev–Trinajstić information content (AvgIpc) is 2.99. The third-order valence-corrected chi connectivity index (χ3v) is 3.85. The second-order valence-corrected chi connectivity index (χ2v) is 5.52. The van der Waals surface area contributed by atoms with E-state index >= 15 is 0 Å². The number of aliphatic hydroxyl groups is 1. The van der Waals surface area contributed by atoms with Gasteiger partial charge in [0, 0.05) is 29.3 Å². The van der Waals surface area contributed by atoms with Gasteiger partial charge >= 0.3 is 0 Å². The highest BCUT2D eigenvalue weighted by atomic mass is 16.5. The Kier molecular flexibility index (Phi) is 4.82. The first-order chi connectivity index (χ1) is 11.7. The molecule has 0 radical (unpaired) electrons. The lowest BCUT2D eigenvalue weighted by Crippen LogP contribution is -2.14. The molecule has 5 heteroatoms. The second-order valence-electron chi connectivity index (χ2n) is 5.52. The van der Waals surface area contributed by atoms with Gasteiger partial charge in [-0.1, -0.05) is 12.1 Å². The van der Waals surface area contributed by atoms with Crippen LogP contribution in [0.15, 0.2) is 53.1 Å². The van der Waals surface area contributed by atoms with Gasteiger partial charge < -0.3 is 19.6 Å². The van der Waals surface area contributed by atoms with E-state index in [1.54, 1.807) is 19.4 Å². The molecule has 0 fully saturated rings. The summed E-state index contributed by atoms with van der Waals surface area (Å²) in [7, 11) is 1.60. The molecule has 3 rings (SSSR count). The highest BCUT2D eigenvalue weighted by Gasteiger charge is 2.11. The molecule has 0 bridgehead atoms. The number of methoxy groups -OCH3 is 1. The molecule has 124 valence electrons. The molecule has 2 N–H and O–H groups in total. The fraction of sp³-hybridized carbons (Fsp3) is 0.211. The van der Waals surface area contributed by atoms with Crippen LogP contribution in [0, 0.1) is 0 Å². The molecular weight excluding hydrogens is 306 g/mol. The number of ether oxygens (including phenoxy) is 1. The van der Waals surface area contributed by atoms with Crippen LogP contribution in [0.25, 0.3) is 11.0 Å². The number of carbonyl (C=O) groups is 1. The fourth-order valence-corrected chi connectivity index (χ4v) is 2.59. The van der Waals surface area contributed by atoms with Crippen molar-refractivity contribution in [1.82, 2.24) is 0 Å². The number of benzene rings is 2. The molecule has 1 heterocycles. The number of furan rings is 1. The van der Waals surface area contributed by atoms with Crippen LogP contribution in [0.4, 0.5) is 5.69 Å². The van der Waals surface area contributed by atoms with Crippen molar-refractivity contribution in [1.29, 1.82) is 0 Å². The van der Waals surface area contributed by atoms with Gasteiger partial charge in [0.2, 0.25) is 5.91 Å². The molecule has 0 aliphatic carbocycles. The molecule has 5 nitrogen and oxygen atoms in total. The number of fused-ring (bicyclic) bond motifs is 1. The molecule has 0 saturated carbocycles. The number of carbonyl (C=O) groups excluding carboxylic acids is 1. The maximum Gasteiger partial charge on any atom is 0.228 e. The lowest BCUT2D eigenvalue weighted by atomic mass is 10.1. The third-order valence-electron chi connectivity index (χ3n) is 3.85. The zero-order chi connectivity index (χ0) is 16.9. The topological polar surface area (TPSA) is 71.7 Å².